The normalized spacial score (nSPS) is 13.2. The van der Waals surface area contributed by atoms with E-state index in [1.807, 2.05) is 0 Å². The lowest BCUT2D eigenvalue weighted by molar-refractivity contribution is 0.195. The standard InChI is InChI=1S/C10H12F2OS/c1-7(13)6-8-2-4-9(5-3-8)14-10(11)12/h2-5,7,10,13H,6H2,1H3/t7-/m1/s1. The third-order valence-corrected chi connectivity index (χ3v) is 2.40. The van der Waals surface area contributed by atoms with E-state index in [2.05, 4.69) is 0 Å². The highest BCUT2D eigenvalue weighted by molar-refractivity contribution is 7.99. The van der Waals surface area contributed by atoms with Gasteiger partial charge in [0, 0.05) is 4.90 Å². The van der Waals surface area contributed by atoms with Gasteiger partial charge in [0.1, 0.15) is 0 Å². The summed E-state index contributed by atoms with van der Waals surface area (Å²) in [6.07, 6.45) is 0.156. The van der Waals surface area contributed by atoms with Gasteiger partial charge in [0.25, 0.3) is 5.76 Å². The topological polar surface area (TPSA) is 20.2 Å². The largest absolute Gasteiger partial charge is 0.393 e. The van der Waals surface area contributed by atoms with E-state index in [-0.39, 0.29) is 0 Å². The maximum Gasteiger partial charge on any atom is 0.288 e. The van der Waals surface area contributed by atoms with Crippen molar-refractivity contribution < 1.29 is 13.9 Å². The first-order chi connectivity index (χ1) is 6.58. The Morgan fingerprint density at radius 1 is 1.29 bits per heavy atom. The third kappa shape index (κ3) is 4.07. The van der Waals surface area contributed by atoms with Crippen molar-refractivity contribution in [3.63, 3.8) is 0 Å². The molecule has 0 unspecified atom stereocenters. The highest BCUT2D eigenvalue weighted by Crippen LogP contribution is 2.25. The van der Waals surface area contributed by atoms with E-state index in [4.69, 9.17) is 5.11 Å². The lowest BCUT2D eigenvalue weighted by atomic mass is 10.1. The molecule has 0 saturated carbocycles. The number of hydrogen-bond donors (Lipinski definition) is 1. The Morgan fingerprint density at radius 3 is 2.29 bits per heavy atom. The zero-order valence-corrected chi connectivity index (χ0v) is 8.60. The zero-order chi connectivity index (χ0) is 10.6. The summed E-state index contributed by atoms with van der Waals surface area (Å²) in [6.45, 7) is 1.70. The molecule has 0 heterocycles. The lowest BCUT2D eigenvalue weighted by Crippen LogP contribution is -2.03. The van der Waals surface area contributed by atoms with Crippen LogP contribution in [0.25, 0.3) is 0 Å². The van der Waals surface area contributed by atoms with Gasteiger partial charge in [0.2, 0.25) is 0 Å². The minimum Gasteiger partial charge on any atom is -0.393 e. The fourth-order valence-electron chi connectivity index (χ4n) is 1.15. The molecule has 14 heavy (non-hydrogen) atoms. The molecule has 0 radical (unpaired) electrons. The summed E-state index contributed by atoms with van der Waals surface area (Å²) < 4.78 is 23.9. The van der Waals surface area contributed by atoms with Gasteiger partial charge >= 0.3 is 0 Å². The van der Waals surface area contributed by atoms with Crippen LogP contribution in [0.1, 0.15) is 12.5 Å². The van der Waals surface area contributed by atoms with Crippen molar-refractivity contribution >= 4 is 11.8 Å². The van der Waals surface area contributed by atoms with Crippen molar-refractivity contribution in [3.8, 4) is 0 Å². The molecule has 1 aromatic carbocycles. The molecule has 1 atom stereocenters. The minimum atomic E-state index is -2.38. The average molecular weight is 218 g/mol. The first-order valence-corrected chi connectivity index (χ1v) is 5.17. The monoisotopic (exact) mass is 218 g/mol. The molecule has 4 heteroatoms. The Morgan fingerprint density at radius 2 is 1.86 bits per heavy atom. The number of rotatable bonds is 4. The minimum absolute atomic E-state index is 0.399. The van der Waals surface area contributed by atoms with Crippen LogP contribution in [0.4, 0.5) is 8.78 Å². The molecule has 78 valence electrons. The van der Waals surface area contributed by atoms with Gasteiger partial charge in [-0.3, -0.25) is 0 Å². The van der Waals surface area contributed by atoms with Gasteiger partial charge in [-0.15, -0.1) is 0 Å². The highest BCUT2D eigenvalue weighted by atomic mass is 32.2. The van der Waals surface area contributed by atoms with Gasteiger partial charge in [0.15, 0.2) is 0 Å². The number of alkyl halides is 2. The van der Waals surface area contributed by atoms with Crippen LogP contribution in [0.3, 0.4) is 0 Å². The predicted molar refractivity (Wildman–Crippen MR) is 53.7 cm³/mol. The number of aliphatic hydroxyl groups excluding tert-OH is 1. The van der Waals surface area contributed by atoms with Crippen LogP contribution in [0.2, 0.25) is 0 Å². The number of thioether (sulfide) groups is 1. The molecule has 0 aliphatic carbocycles. The summed E-state index contributed by atoms with van der Waals surface area (Å²) in [5, 5.41) is 9.10. The van der Waals surface area contributed by atoms with Crippen LogP contribution < -0.4 is 0 Å². The number of aliphatic hydroxyl groups is 1. The average Bonchev–Trinajstić information content (AvgIpc) is 2.06. The molecular formula is C10H12F2OS. The lowest BCUT2D eigenvalue weighted by Gasteiger charge is -2.05. The van der Waals surface area contributed by atoms with Crippen LogP contribution >= 0.6 is 11.8 Å². The molecule has 1 N–H and O–H groups in total. The van der Waals surface area contributed by atoms with Crippen molar-refractivity contribution in [1.29, 1.82) is 0 Å². The third-order valence-electron chi connectivity index (χ3n) is 1.68. The molecule has 1 rings (SSSR count). The molecule has 0 fully saturated rings. The Labute approximate surface area is 86.1 Å². The quantitative estimate of drug-likeness (QED) is 0.784. The van der Waals surface area contributed by atoms with Crippen LogP contribution in [0.15, 0.2) is 29.2 Å². The van der Waals surface area contributed by atoms with E-state index >= 15 is 0 Å². The SMILES string of the molecule is C[C@@H](O)Cc1ccc(SC(F)F)cc1. The molecule has 0 aliphatic rings. The van der Waals surface area contributed by atoms with Gasteiger partial charge in [-0.2, -0.15) is 8.78 Å². The number of benzene rings is 1. The Hall–Kier alpha value is -0.610. The second-order valence-corrected chi connectivity index (χ2v) is 4.14. The van der Waals surface area contributed by atoms with Crippen molar-refractivity contribution in [1.82, 2.24) is 0 Å². The fourth-order valence-corrected chi connectivity index (χ4v) is 1.65. The summed E-state index contributed by atoms with van der Waals surface area (Å²) in [5.41, 5.74) is 0.957. The van der Waals surface area contributed by atoms with Crippen molar-refractivity contribution in [3.05, 3.63) is 29.8 Å². The molecule has 0 saturated heterocycles. The summed E-state index contributed by atoms with van der Waals surface area (Å²) in [6, 6.07) is 6.82. The molecule has 1 nitrogen and oxygen atoms in total. The van der Waals surface area contributed by atoms with E-state index in [0.717, 1.165) is 5.56 Å². The van der Waals surface area contributed by atoms with E-state index in [1.54, 1.807) is 31.2 Å². The summed E-state index contributed by atoms with van der Waals surface area (Å²) in [7, 11) is 0. The predicted octanol–water partition coefficient (Wildman–Crippen LogP) is 2.92. The molecule has 0 aromatic heterocycles. The fraction of sp³-hybridized carbons (Fsp3) is 0.400. The number of halogens is 2. The van der Waals surface area contributed by atoms with Crippen molar-refractivity contribution in [2.24, 2.45) is 0 Å². The molecule has 0 aliphatic heterocycles. The Kier molecular flexibility index (Phi) is 4.35. The first kappa shape index (κ1) is 11.5. The molecule has 0 amide bonds. The van der Waals surface area contributed by atoms with Gasteiger partial charge in [-0.05, 0) is 31.0 Å². The summed E-state index contributed by atoms with van der Waals surface area (Å²) >= 11 is 0.530. The van der Waals surface area contributed by atoms with Crippen LogP contribution in [-0.2, 0) is 6.42 Å². The Bertz CT molecular complexity index is 243. The van der Waals surface area contributed by atoms with Crippen molar-refractivity contribution in [2.45, 2.75) is 30.1 Å². The van der Waals surface area contributed by atoms with E-state index < -0.39 is 11.9 Å². The van der Waals surface area contributed by atoms with Crippen LogP contribution in [0, 0.1) is 0 Å². The van der Waals surface area contributed by atoms with Gasteiger partial charge < -0.3 is 5.11 Å². The van der Waals surface area contributed by atoms with Gasteiger partial charge in [-0.1, -0.05) is 23.9 Å². The molecular weight excluding hydrogens is 206 g/mol. The zero-order valence-electron chi connectivity index (χ0n) is 7.78. The maximum atomic E-state index is 12.0. The summed E-state index contributed by atoms with van der Waals surface area (Å²) in [4.78, 5) is 0.550. The smallest absolute Gasteiger partial charge is 0.288 e. The summed E-state index contributed by atoms with van der Waals surface area (Å²) in [5.74, 6) is -2.38. The number of hydrogen-bond acceptors (Lipinski definition) is 2. The van der Waals surface area contributed by atoms with Crippen LogP contribution in [0.5, 0.6) is 0 Å². The van der Waals surface area contributed by atoms with E-state index in [0.29, 0.717) is 23.1 Å². The first-order valence-electron chi connectivity index (χ1n) is 4.29. The van der Waals surface area contributed by atoms with E-state index in [9.17, 15) is 8.78 Å². The van der Waals surface area contributed by atoms with Gasteiger partial charge in [0.05, 0.1) is 6.10 Å². The van der Waals surface area contributed by atoms with Crippen LogP contribution in [-0.4, -0.2) is 17.0 Å². The molecule has 1 aromatic rings. The second kappa shape index (κ2) is 5.32. The maximum absolute atomic E-state index is 12.0. The molecule has 0 spiro atoms. The highest BCUT2D eigenvalue weighted by Gasteiger charge is 2.05. The Balaban J connectivity index is 2.59. The van der Waals surface area contributed by atoms with Gasteiger partial charge in [-0.25, -0.2) is 0 Å². The van der Waals surface area contributed by atoms with Crippen molar-refractivity contribution in [2.75, 3.05) is 0 Å². The van der Waals surface area contributed by atoms with E-state index in [1.165, 1.54) is 0 Å². The molecule has 0 bridgehead atoms. The second-order valence-electron chi connectivity index (χ2n) is 3.08.